The lowest BCUT2D eigenvalue weighted by atomic mass is 10.2. The maximum atomic E-state index is 6.28. The predicted octanol–water partition coefficient (Wildman–Crippen LogP) is 4.22. The van der Waals surface area contributed by atoms with Gasteiger partial charge in [-0.2, -0.15) is 0 Å². The van der Waals surface area contributed by atoms with E-state index in [1.54, 1.807) is 18.5 Å². The minimum absolute atomic E-state index is 0.459. The summed E-state index contributed by atoms with van der Waals surface area (Å²) in [5, 5.41) is 4.63. The van der Waals surface area contributed by atoms with E-state index in [9.17, 15) is 0 Å². The highest BCUT2D eigenvalue weighted by Crippen LogP contribution is 2.33. The molecule has 110 valence electrons. The lowest BCUT2D eigenvalue weighted by Gasteiger charge is -2.14. The second-order valence-corrected chi connectivity index (χ2v) is 6.02. The molecule has 21 heavy (non-hydrogen) atoms. The number of halogens is 2. The van der Waals surface area contributed by atoms with Crippen molar-refractivity contribution in [1.82, 2.24) is 10.3 Å². The summed E-state index contributed by atoms with van der Waals surface area (Å²) in [5.74, 6) is 0.700. The van der Waals surface area contributed by atoms with Crippen LogP contribution >= 0.6 is 23.2 Å². The summed E-state index contributed by atoms with van der Waals surface area (Å²) in [6.45, 7) is 1.18. The molecule has 1 aliphatic rings. The van der Waals surface area contributed by atoms with Crippen molar-refractivity contribution in [2.45, 2.75) is 32.0 Å². The van der Waals surface area contributed by atoms with Gasteiger partial charge in [-0.05, 0) is 42.7 Å². The number of benzene rings is 1. The van der Waals surface area contributed by atoms with Gasteiger partial charge in [0.25, 0.3) is 0 Å². The van der Waals surface area contributed by atoms with E-state index in [1.807, 2.05) is 18.2 Å². The third-order valence-electron chi connectivity index (χ3n) is 3.38. The quantitative estimate of drug-likeness (QED) is 0.864. The molecule has 0 spiro atoms. The van der Waals surface area contributed by atoms with Gasteiger partial charge in [0.05, 0.1) is 5.02 Å². The van der Waals surface area contributed by atoms with Gasteiger partial charge in [-0.15, -0.1) is 0 Å². The minimum Gasteiger partial charge on any atom is -0.487 e. The fraction of sp³-hybridized carbons (Fsp3) is 0.312. The Morgan fingerprint density at radius 2 is 1.95 bits per heavy atom. The first-order valence-corrected chi connectivity index (χ1v) is 7.71. The SMILES string of the molecule is Clc1cc(Cl)c(OCc2ccncc2)c(CNC2CC2)c1. The number of aromatic nitrogens is 1. The molecule has 1 saturated carbocycles. The van der Waals surface area contributed by atoms with Crippen LogP contribution in [0, 0.1) is 0 Å². The first-order chi connectivity index (χ1) is 10.2. The van der Waals surface area contributed by atoms with Crippen molar-refractivity contribution < 1.29 is 4.74 Å². The highest BCUT2D eigenvalue weighted by molar-refractivity contribution is 6.35. The number of ether oxygens (including phenoxy) is 1. The zero-order valence-electron chi connectivity index (χ0n) is 11.5. The second kappa shape index (κ2) is 6.65. The molecule has 0 bridgehead atoms. The van der Waals surface area contributed by atoms with Crippen LogP contribution in [-0.4, -0.2) is 11.0 Å². The maximum Gasteiger partial charge on any atom is 0.142 e. The standard InChI is InChI=1S/C16H16Cl2N2O/c17-13-7-12(9-20-14-1-2-14)16(15(18)8-13)21-10-11-3-5-19-6-4-11/h3-8,14,20H,1-2,9-10H2. The van der Waals surface area contributed by atoms with Crippen LogP contribution in [0.25, 0.3) is 0 Å². The van der Waals surface area contributed by atoms with E-state index in [2.05, 4.69) is 10.3 Å². The highest BCUT2D eigenvalue weighted by Gasteiger charge is 2.21. The fourth-order valence-corrected chi connectivity index (χ4v) is 2.67. The van der Waals surface area contributed by atoms with E-state index in [-0.39, 0.29) is 0 Å². The summed E-state index contributed by atoms with van der Waals surface area (Å²) in [6.07, 6.45) is 5.97. The summed E-state index contributed by atoms with van der Waals surface area (Å²) in [5.41, 5.74) is 2.05. The van der Waals surface area contributed by atoms with Gasteiger partial charge in [-0.1, -0.05) is 23.2 Å². The largest absolute Gasteiger partial charge is 0.487 e. The molecule has 1 N–H and O–H groups in total. The normalized spacial score (nSPS) is 14.2. The number of nitrogens with zero attached hydrogens (tertiary/aromatic N) is 1. The van der Waals surface area contributed by atoms with Crippen LogP contribution in [0.2, 0.25) is 10.0 Å². The van der Waals surface area contributed by atoms with Crippen LogP contribution in [0.3, 0.4) is 0 Å². The Bertz CT molecular complexity index is 615. The average molecular weight is 323 g/mol. The van der Waals surface area contributed by atoms with Gasteiger partial charge in [0, 0.05) is 35.6 Å². The molecule has 0 saturated heterocycles. The van der Waals surface area contributed by atoms with Gasteiger partial charge >= 0.3 is 0 Å². The molecule has 3 nitrogen and oxygen atoms in total. The highest BCUT2D eigenvalue weighted by atomic mass is 35.5. The first-order valence-electron chi connectivity index (χ1n) is 6.95. The Hall–Kier alpha value is -1.29. The molecular formula is C16H16Cl2N2O. The van der Waals surface area contributed by atoms with Gasteiger partial charge in [0.1, 0.15) is 12.4 Å². The summed E-state index contributed by atoms with van der Waals surface area (Å²) >= 11 is 12.4. The number of hydrogen-bond donors (Lipinski definition) is 1. The molecule has 0 radical (unpaired) electrons. The monoisotopic (exact) mass is 322 g/mol. The van der Waals surface area contributed by atoms with E-state index >= 15 is 0 Å². The number of rotatable bonds is 6. The molecule has 1 fully saturated rings. The fourth-order valence-electron chi connectivity index (χ4n) is 2.08. The Morgan fingerprint density at radius 3 is 2.67 bits per heavy atom. The van der Waals surface area contributed by atoms with E-state index in [1.165, 1.54) is 12.8 Å². The molecule has 2 aromatic rings. The topological polar surface area (TPSA) is 34.1 Å². The van der Waals surface area contributed by atoms with Crippen molar-refractivity contribution >= 4 is 23.2 Å². The van der Waals surface area contributed by atoms with Crippen molar-refractivity contribution in [3.63, 3.8) is 0 Å². The molecule has 5 heteroatoms. The van der Waals surface area contributed by atoms with E-state index < -0.39 is 0 Å². The number of hydrogen-bond acceptors (Lipinski definition) is 3. The molecule has 0 amide bonds. The first kappa shape index (κ1) is 14.6. The van der Waals surface area contributed by atoms with E-state index in [0.29, 0.717) is 28.4 Å². The van der Waals surface area contributed by atoms with Crippen LogP contribution in [-0.2, 0) is 13.2 Å². The van der Waals surface area contributed by atoms with Gasteiger partial charge in [0.15, 0.2) is 0 Å². The van der Waals surface area contributed by atoms with Crippen LogP contribution < -0.4 is 10.1 Å². The summed E-state index contributed by atoms with van der Waals surface area (Å²) in [6, 6.07) is 8.09. The smallest absolute Gasteiger partial charge is 0.142 e. The lowest BCUT2D eigenvalue weighted by molar-refractivity contribution is 0.302. The average Bonchev–Trinajstić information content (AvgIpc) is 3.29. The van der Waals surface area contributed by atoms with Gasteiger partial charge in [-0.25, -0.2) is 0 Å². The van der Waals surface area contributed by atoms with Crippen molar-refractivity contribution in [2.75, 3.05) is 0 Å². The molecule has 0 atom stereocenters. The van der Waals surface area contributed by atoms with Crippen LogP contribution in [0.5, 0.6) is 5.75 Å². The summed E-state index contributed by atoms with van der Waals surface area (Å²) in [4.78, 5) is 3.99. The van der Waals surface area contributed by atoms with Gasteiger partial charge < -0.3 is 10.1 Å². The van der Waals surface area contributed by atoms with E-state index in [0.717, 1.165) is 17.7 Å². The van der Waals surface area contributed by atoms with Crippen molar-refractivity contribution in [3.8, 4) is 5.75 Å². The molecule has 1 aromatic carbocycles. The third-order valence-corrected chi connectivity index (χ3v) is 3.88. The Balaban J connectivity index is 1.74. The molecule has 1 aliphatic carbocycles. The summed E-state index contributed by atoms with van der Waals surface area (Å²) in [7, 11) is 0. The summed E-state index contributed by atoms with van der Waals surface area (Å²) < 4.78 is 5.90. The van der Waals surface area contributed by atoms with Gasteiger partial charge in [-0.3, -0.25) is 4.98 Å². The van der Waals surface area contributed by atoms with Gasteiger partial charge in [0.2, 0.25) is 0 Å². The Labute approximate surface area is 134 Å². The van der Waals surface area contributed by atoms with Crippen LogP contribution in [0.4, 0.5) is 0 Å². The lowest BCUT2D eigenvalue weighted by Crippen LogP contribution is -2.16. The molecule has 1 heterocycles. The van der Waals surface area contributed by atoms with Crippen LogP contribution in [0.1, 0.15) is 24.0 Å². The Kier molecular flexibility index (Phi) is 4.63. The van der Waals surface area contributed by atoms with Crippen molar-refractivity contribution in [1.29, 1.82) is 0 Å². The molecule has 0 unspecified atom stereocenters. The molecule has 0 aliphatic heterocycles. The minimum atomic E-state index is 0.459. The molecule has 3 rings (SSSR count). The van der Waals surface area contributed by atoms with Crippen LogP contribution in [0.15, 0.2) is 36.7 Å². The second-order valence-electron chi connectivity index (χ2n) is 5.18. The zero-order valence-corrected chi connectivity index (χ0v) is 13.0. The third kappa shape index (κ3) is 4.10. The number of nitrogens with one attached hydrogen (secondary N) is 1. The predicted molar refractivity (Wildman–Crippen MR) is 84.9 cm³/mol. The maximum absolute atomic E-state index is 6.28. The zero-order chi connectivity index (χ0) is 14.7. The Morgan fingerprint density at radius 1 is 1.19 bits per heavy atom. The van der Waals surface area contributed by atoms with E-state index in [4.69, 9.17) is 27.9 Å². The molecular weight excluding hydrogens is 307 g/mol. The van der Waals surface area contributed by atoms with Crippen molar-refractivity contribution in [2.24, 2.45) is 0 Å². The van der Waals surface area contributed by atoms with Crippen molar-refractivity contribution in [3.05, 3.63) is 57.8 Å². The number of pyridine rings is 1. The molecule has 1 aromatic heterocycles.